The van der Waals surface area contributed by atoms with E-state index in [-0.39, 0.29) is 0 Å². The maximum atomic E-state index is 8.88. The molecule has 1 saturated heterocycles. The van der Waals surface area contributed by atoms with Crippen molar-refractivity contribution in [2.75, 3.05) is 11.9 Å². The summed E-state index contributed by atoms with van der Waals surface area (Å²) >= 11 is 1.95. The summed E-state index contributed by atoms with van der Waals surface area (Å²) in [7, 11) is 0. The fraction of sp³-hybridized carbons (Fsp3) is 0.391. The maximum absolute atomic E-state index is 8.88. The van der Waals surface area contributed by atoms with Crippen LogP contribution < -0.4 is 5.32 Å². The number of hydrogen-bond acceptors (Lipinski definition) is 7. The first-order valence-electron chi connectivity index (χ1n) is 10.5. The first-order valence-corrected chi connectivity index (χ1v) is 11.3. The van der Waals surface area contributed by atoms with E-state index in [9.17, 15) is 0 Å². The summed E-state index contributed by atoms with van der Waals surface area (Å²) in [6.45, 7) is 4.32. The van der Waals surface area contributed by atoms with Crippen molar-refractivity contribution in [3.05, 3.63) is 63.9 Å². The van der Waals surface area contributed by atoms with Crippen LogP contribution in [-0.2, 0) is 13.0 Å². The van der Waals surface area contributed by atoms with Crippen LogP contribution in [0, 0.1) is 11.3 Å². The number of anilines is 2. The Morgan fingerprint density at radius 1 is 1.20 bits per heavy atom. The molecular weight excluding hydrogens is 392 g/mol. The monoisotopic (exact) mass is 418 g/mol. The average Bonchev–Trinajstić information content (AvgIpc) is 3.43. The van der Waals surface area contributed by atoms with Crippen LogP contribution in [0.15, 0.2) is 42.7 Å². The molecule has 0 spiro atoms. The minimum atomic E-state index is 0.314. The van der Waals surface area contributed by atoms with Gasteiger partial charge in [-0.2, -0.15) is 5.26 Å². The molecule has 1 atom stereocenters. The van der Waals surface area contributed by atoms with E-state index in [1.54, 1.807) is 12.3 Å². The van der Waals surface area contributed by atoms with Gasteiger partial charge < -0.3 is 5.32 Å². The van der Waals surface area contributed by atoms with E-state index in [2.05, 4.69) is 39.2 Å². The second-order valence-corrected chi connectivity index (χ2v) is 8.83. The number of aromatic nitrogens is 3. The molecule has 1 fully saturated rings. The number of rotatable bonds is 8. The fourth-order valence-corrected chi connectivity index (χ4v) is 4.91. The lowest BCUT2D eigenvalue weighted by molar-refractivity contribution is 0.246. The van der Waals surface area contributed by atoms with Crippen LogP contribution in [0.1, 0.15) is 59.8 Å². The highest BCUT2D eigenvalue weighted by atomic mass is 32.1. The zero-order valence-electron chi connectivity index (χ0n) is 17.2. The minimum Gasteiger partial charge on any atom is -0.323 e. The van der Waals surface area contributed by atoms with Gasteiger partial charge in [-0.15, -0.1) is 11.3 Å². The third kappa shape index (κ3) is 5.02. The molecule has 0 unspecified atom stereocenters. The van der Waals surface area contributed by atoms with Crippen molar-refractivity contribution in [3.8, 4) is 6.07 Å². The summed E-state index contributed by atoms with van der Waals surface area (Å²) < 4.78 is 0. The van der Waals surface area contributed by atoms with Crippen LogP contribution in [0.3, 0.4) is 0 Å². The lowest BCUT2D eigenvalue weighted by Gasteiger charge is -2.23. The summed E-state index contributed by atoms with van der Waals surface area (Å²) in [6.07, 6.45) is 9.43. The van der Waals surface area contributed by atoms with Gasteiger partial charge in [-0.25, -0.2) is 15.0 Å². The van der Waals surface area contributed by atoms with Gasteiger partial charge in [-0.3, -0.25) is 4.90 Å². The Labute approximate surface area is 181 Å². The van der Waals surface area contributed by atoms with Gasteiger partial charge in [0.05, 0.1) is 23.6 Å². The van der Waals surface area contributed by atoms with Crippen molar-refractivity contribution in [3.63, 3.8) is 0 Å². The van der Waals surface area contributed by atoms with Gasteiger partial charge in [-0.1, -0.05) is 13.3 Å². The molecule has 4 heterocycles. The van der Waals surface area contributed by atoms with E-state index in [4.69, 9.17) is 10.2 Å². The van der Waals surface area contributed by atoms with Crippen molar-refractivity contribution in [1.29, 1.82) is 5.26 Å². The maximum Gasteiger partial charge on any atom is 0.227 e. The molecule has 0 radical (unpaired) electrons. The number of hydrogen-bond donors (Lipinski definition) is 1. The lowest BCUT2D eigenvalue weighted by atomic mass is 10.1. The highest BCUT2D eigenvalue weighted by molar-refractivity contribution is 7.11. The molecule has 1 aliphatic rings. The summed E-state index contributed by atoms with van der Waals surface area (Å²) in [6, 6.07) is 12.4. The molecule has 1 N–H and O–H groups in total. The molecule has 154 valence electrons. The van der Waals surface area contributed by atoms with Crippen molar-refractivity contribution >= 4 is 23.0 Å². The van der Waals surface area contributed by atoms with E-state index >= 15 is 0 Å². The normalized spacial score (nSPS) is 16.5. The van der Waals surface area contributed by atoms with E-state index < -0.39 is 0 Å². The SMILES string of the molecule is CCCCc1ccc(CN2CCC[C@@H]2c2ccnc(Nc3ccc(C#N)nc3)n2)s1. The molecule has 0 bridgehead atoms. The number of nitrogens with zero attached hydrogens (tertiary/aromatic N) is 5. The third-order valence-electron chi connectivity index (χ3n) is 5.37. The van der Waals surface area contributed by atoms with Gasteiger partial charge in [0.1, 0.15) is 11.8 Å². The summed E-state index contributed by atoms with van der Waals surface area (Å²) in [4.78, 5) is 18.7. The average molecular weight is 419 g/mol. The van der Waals surface area contributed by atoms with Crippen molar-refractivity contribution < 1.29 is 0 Å². The predicted molar refractivity (Wildman–Crippen MR) is 120 cm³/mol. The standard InChI is InChI=1S/C23H26N6S/c1-2-3-5-19-9-10-20(30-19)16-29-13-4-6-22(29)21-11-12-25-23(28-21)27-18-8-7-17(14-24)26-15-18/h7-12,15,22H,2-6,13,16H2,1H3,(H,25,27,28)/t22-/m1/s1. The van der Waals surface area contributed by atoms with Gasteiger partial charge >= 0.3 is 0 Å². The molecule has 3 aromatic heterocycles. The number of pyridine rings is 1. The first kappa shape index (κ1) is 20.5. The Morgan fingerprint density at radius 3 is 2.90 bits per heavy atom. The highest BCUT2D eigenvalue weighted by Gasteiger charge is 2.27. The number of nitrogens with one attached hydrogen (secondary N) is 1. The number of aryl methyl sites for hydroxylation is 1. The zero-order chi connectivity index (χ0) is 20.8. The van der Waals surface area contributed by atoms with Crippen LogP contribution in [0.25, 0.3) is 0 Å². The van der Waals surface area contributed by atoms with E-state index in [0.29, 0.717) is 17.7 Å². The number of thiophene rings is 1. The van der Waals surface area contributed by atoms with Gasteiger partial charge in [0.25, 0.3) is 0 Å². The molecule has 0 aromatic carbocycles. The van der Waals surface area contributed by atoms with Crippen molar-refractivity contribution in [2.24, 2.45) is 0 Å². The third-order valence-corrected chi connectivity index (χ3v) is 6.50. The van der Waals surface area contributed by atoms with Crippen molar-refractivity contribution in [2.45, 2.75) is 51.6 Å². The van der Waals surface area contributed by atoms with E-state index in [1.165, 1.54) is 35.4 Å². The largest absolute Gasteiger partial charge is 0.323 e. The van der Waals surface area contributed by atoms with Crippen LogP contribution in [0.4, 0.5) is 11.6 Å². The van der Waals surface area contributed by atoms with Crippen LogP contribution in [-0.4, -0.2) is 26.4 Å². The van der Waals surface area contributed by atoms with Crippen LogP contribution in [0.2, 0.25) is 0 Å². The van der Waals surface area contributed by atoms with Gasteiger partial charge in [0.2, 0.25) is 5.95 Å². The smallest absolute Gasteiger partial charge is 0.227 e. The molecule has 30 heavy (non-hydrogen) atoms. The van der Waals surface area contributed by atoms with Gasteiger partial charge in [0.15, 0.2) is 0 Å². The minimum absolute atomic E-state index is 0.314. The summed E-state index contributed by atoms with van der Waals surface area (Å²) in [5.41, 5.74) is 2.21. The molecular formula is C23H26N6S. The second-order valence-electron chi connectivity index (χ2n) is 7.57. The predicted octanol–water partition coefficient (Wildman–Crippen LogP) is 5.23. The summed E-state index contributed by atoms with van der Waals surface area (Å²) in [5.74, 6) is 0.559. The Hall–Kier alpha value is -2.82. The first-order chi connectivity index (χ1) is 14.7. The Bertz CT molecular complexity index is 1010. The number of likely N-dealkylation sites (tertiary alicyclic amines) is 1. The van der Waals surface area contributed by atoms with E-state index in [1.807, 2.05) is 35.7 Å². The molecule has 3 aromatic rings. The van der Waals surface area contributed by atoms with Crippen molar-refractivity contribution in [1.82, 2.24) is 19.9 Å². The molecule has 0 amide bonds. The zero-order valence-corrected chi connectivity index (χ0v) is 18.0. The Balaban J connectivity index is 1.44. The number of nitriles is 1. The van der Waals surface area contributed by atoms with Crippen LogP contribution >= 0.6 is 11.3 Å². The second kappa shape index (κ2) is 9.79. The van der Waals surface area contributed by atoms with Gasteiger partial charge in [0, 0.05) is 22.5 Å². The molecule has 7 heteroatoms. The molecule has 6 nitrogen and oxygen atoms in total. The molecule has 0 saturated carbocycles. The fourth-order valence-electron chi connectivity index (χ4n) is 3.82. The van der Waals surface area contributed by atoms with Crippen LogP contribution in [0.5, 0.6) is 0 Å². The number of unbranched alkanes of at least 4 members (excludes halogenated alkanes) is 1. The highest BCUT2D eigenvalue weighted by Crippen LogP contribution is 2.33. The van der Waals surface area contributed by atoms with Gasteiger partial charge in [-0.05, 0) is 62.6 Å². The summed E-state index contributed by atoms with van der Waals surface area (Å²) in [5, 5.41) is 12.1. The Morgan fingerprint density at radius 2 is 2.10 bits per heavy atom. The quantitative estimate of drug-likeness (QED) is 0.540. The Kier molecular flexibility index (Phi) is 6.67. The topological polar surface area (TPSA) is 77.7 Å². The van der Waals surface area contributed by atoms with E-state index in [0.717, 1.165) is 30.9 Å². The molecule has 0 aliphatic carbocycles. The lowest BCUT2D eigenvalue weighted by Crippen LogP contribution is -2.23. The molecule has 4 rings (SSSR count). The molecule has 1 aliphatic heterocycles.